The van der Waals surface area contributed by atoms with Crippen molar-refractivity contribution in [2.45, 2.75) is 24.9 Å². The number of carbonyl (C=O) groups excluding carboxylic acids is 2. The SMILES string of the molecule is NCCS.NCCS.N[C@@H](CC(=O)O)C(=O)[O-].N[C@@H](CC(=O)O)C(=O)[O-].[Ca+2]. The van der Waals surface area contributed by atoms with Crippen LogP contribution in [0.5, 0.6) is 0 Å². The summed E-state index contributed by atoms with van der Waals surface area (Å²) in [5.74, 6) is -3.99. The van der Waals surface area contributed by atoms with Crippen LogP contribution in [0.25, 0.3) is 0 Å². The van der Waals surface area contributed by atoms with Crippen molar-refractivity contribution in [2.75, 3.05) is 24.6 Å². The first kappa shape index (κ1) is 37.4. The summed E-state index contributed by atoms with van der Waals surface area (Å²) in [6.45, 7) is 1.37. The summed E-state index contributed by atoms with van der Waals surface area (Å²) in [5, 5.41) is 35.4. The molecule has 10 N–H and O–H groups in total. The molecular formula is C12H26CaN4O8S2. The molecule has 15 heteroatoms. The first-order chi connectivity index (χ1) is 11.9. The predicted molar refractivity (Wildman–Crippen MR) is 102 cm³/mol. The van der Waals surface area contributed by atoms with Crippen LogP contribution >= 0.6 is 25.3 Å². The molecule has 0 unspecified atom stereocenters. The van der Waals surface area contributed by atoms with E-state index in [4.69, 9.17) is 33.1 Å². The number of thiol groups is 2. The van der Waals surface area contributed by atoms with Gasteiger partial charge in [0.2, 0.25) is 0 Å². The summed E-state index contributed by atoms with van der Waals surface area (Å²) in [7, 11) is 0. The van der Waals surface area contributed by atoms with Gasteiger partial charge in [-0.05, 0) is 0 Å². The van der Waals surface area contributed by atoms with Crippen molar-refractivity contribution >= 4 is 86.9 Å². The van der Waals surface area contributed by atoms with Crippen molar-refractivity contribution in [1.82, 2.24) is 0 Å². The number of carboxylic acids is 4. The second-order valence-corrected chi connectivity index (χ2v) is 4.97. The van der Waals surface area contributed by atoms with Crippen LogP contribution in [0.3, 0.4) is 0 Å². The maximum atomic E-state index is 9.74. The number of aliphatic carboxylic acids is 4. The van der Waals surface area contributed by atoms with E-state index < -0.39 is 48.8 Å². The Morgan fingerprint density at radius 3 is 1.00 bits per heavy atom. The van der Waals surface area contributed by atoms with Crippen LogP contribution in [-0.2, 0) is 19.2 Å². The van der Waals surface area contributed by atoms with Crippen molar-refractivity contribution in [1.29, 1.82) is 0 Å². The molecule has 156 valence electrons. The number of carboxylic acid groups (broad SMARTS) is 4. The first-order valence-corrected chi connectivity index (χ1v) is 8.15. The minimum atomic E-state index is -1.54. The molecule has 0 rings (SSSR count). The van der Waals surface area contributed by atoms with E-state index in [2.05, 4.69) is 25.3 Å². The molecule has 0 spiro atoms. The Hall–Kier alpha value is -0.320. The second-order valence-electron chi connectivity index (χ2n) is 4.07. The molecule has 0 amide bonds. The maximum absolute atomic E-state index is 9.74. The van der Waals surface area contributed by atoms with Gasteiger partial charge < -0.3 is 52.9 Å². The average Bonchev–Trinajstić information content (AvgIpc) is 2.54. The Balaban J connectivity index is -0.0000000843. The molecule has 0 heterocycles. The Bertz CT molecular complexity index is 368. The summed E-state index contributed by atoms with van der Waals surface area (Å²) >= 11 is 7.59. The van der Waals surface area contributed by atoms with Gasteiger partial charge in [-0.1, -0.05) is 0 Å². The van der Waals surface area contributed by atoms with E-state index in [1.807, 2.05) is 0 Å². The first-order valence-electron chi connectivity index (χ1n) is 6.89. The van der Waals surface area contributed by atoms with E-state index in [1.165, 1.54) is 0 Å². The molecule has 0 aliphatic rings. The molecule has 0 aromatic heterocycles. The van der Waals surface area contributed by atoms with Gasteiger partial charge in [0.15, 0.2) is 0 Å². The molecular weight excluding hydrogens is 432 g/mol. The van der Waals surface area contributed by atoms with Gasteiger partial charge in [0, 0.05) is 24.6 Å². The molecule has 0 aliphatic heterocycles. The van der Waals surface area contributed by atoms with E-state index in [1.54, 1.807) is 0 Å². The molecule has 0 radical (unpaired) electrons. The molecule has 0 aliphatic carbocycles. The van der Waals surface area contributed by atoms with Gasteiger partial charge in [0.25, 0.3) is 0 Å². The summed E-state index contributed by atoms with van der Waals surface area (Å²) in [6, 6.07) is -2.80. The zero-order valence-electron chi connectivity index (χ0n) is 14.7. The Morgan fingerprint density at radius 2 is 0.963 bits per heavy atom. The third-order valence-corrected chi connectivity index (χ3v) is 2.17. The topological polar surface area (TPSA) is 259 Å². The molecule has 0 aromatic rings. The van der Waals surface area contributed by atoms with Crippen LogP contribution < -0.4 is 33.1 Å². The Morgan fingerprint density at radius 1 is 0.778 bits per heavy atom. The van der Waals surface area contributed by atoms with Crippen molar-refractivity contribution in [3.63, 3.8) is 0 Å². The molecule has 2 atom stereocenters. The van der Waals surface area contributed by atoms with Gasteiger partial charge in [-0.3, -0.25) is 9.59 Å². The molecule has 0 saturated heterocycles. The van der Waals surface area contributed by atoms with Gasteiger partial charge in [-0.2, -0.15) is 25.3 Å². The molecule has 0 bridgehead atoms. The minimum Gasteiger partial charge on any atom is -0.548 e. The fraction of sp³-hybridized carbons (Fsp3) is 0.667. The summed E-state index contributed by atoms with van der Waals surface area (Å²) in [6.07, 6.45) is -1.19. The standard InChI is InChI=1S/2C4H7NO4.2C2H7NS.Ca/c2*5-2(4(8)9)1-3(6)7;2*3-1-2-4;/h2*2H,1,5H2,(H,6,7)(H,8,9);2*4H,1-3H2;/q;;;;+2/p-2/t2*2-;;;/m00.../s1. The quantitative estimate of drug-likeness (QED) is 0.125. The van der Waals surface area contributed by atoms with Crippen LogP contribution in [0.4, 0.5) is 0 Å². The van der Waals surface area contributed by atoms with Gasteiger partial charge in [0.1, 0.15) is 0 Å². The third-order valence-electron chi connectivity index (χ3n) is 1.65. The van der Waals surface area contributed by atoms with Crippen molar-refractivity contribution in [2.24, 2.45) is 22.9 Å². The minimum absolute atomic E-state index is 0. The van der Waals surface area contributed by atoms with Gasteiger partial charge in [-0.15, -0.1) is 0 Å². The number of nitrogens with two attached hydrogens (primary N) is 4. The monoisotopic (exact) mass is 458 g/mol. The van der Waals surface area contributed by atoms with E-state index >= 15 is 0 Å². The molecule has 12 nitrogen and oxygen atoms in total. The van der Waals surface area contributed by atoms with E-state index in [-0.39, 0.29) is 37.7 Å². The smallest absolute Gasteiger partial charge is 0.548 e. The van der Waals surface area contributed by atoms with Crippen LogP contribution in [-0.4, -0.2) is 109 Å². The van der Waals surface area contributed by atoms with Crippen LogP contribution in [0.2, 0.25) is 0 Å². The molecule has 0 aromatic carbocycles. The zero-order valence-corrected chi connectivity index (χ0v) is 18.6. The Labute approximate surface area is 197 Å². The Kier molecular flexibility index (Phi) is 38.7. The predicted octanol–water partition coefficient (Wildman–Crippen LogP) is -5.55. The van der Waals surface area contributed by atoms with E-state index in [0.717, 1.165) is 11.5 Å². The maximum Gasteiger partial charge on any atom is 2.00 e. The van der Waals surface area contributed by atoms with Gasteiger partial charge in [-0.25, -0.2) is 0 Å². The normalized spacial score (nSPS) is 10.6. The fourth-order valence-corrected chi connectivity index (χ4v) is 0.543. The number of hydrogen-bond donors (Lipinski definition) is 8. The third kappa shape index (κ3) is 46.1. The summed E-state index contributed by atoms with van der Waals surface area (Å²) in [4.78, 5) is 39.0. The second kappa shape index (κ2) is 27.9. The van der Waals surface area contributed by atoms with E-state index in [9.17, 15) is 29.4 Å². The van der Waals surface area contributed by atoms with Crippen molar-refractivity contribution in [3.05, 3.63) is 0 Å². The number of carbonyl (C=O) groups is 4. The van der Waals surface area contributed by atoms with Crippen LogP contribution in [0, 0.1) is 0 Å². The molecule has 0 fully saturated rings. The summed E-state index contributed by atoms with van der Waals surface area (Å²) < 4.78 is 0. The fourth-order valence-electron chi connectivity index (χ4n) is 0.543. The van der Waals surface area contributed by atoms with Crippen molar-refractivity contribution in [3.8, 4) is 0 Å². The van der Waals surface area contributed by atoms with E-state index in [0.29, 0.717) is 13.1 Å². The largest absolute Gasteiger partial charge is 2.00 e. The summed E-state index contributed by atoms with van der Waals surface area (Å²) in [5.41, 5.74) is 19.5. The van der Waals surface area contributed by atoms with Crippen molar-refractivity contribution < 1.29 is 39.6 Å². The van der Waals surface area contributed by atoms with Gasteiger partial charge >= 0.3 is 49.7 Å². The molecule has 27 heavy (non-hydrogen) atoms. The number of hydrogen-bond acceptors (Lipinski definition) is 12. The number of rotatable bonds is 8. The molecule has 0 saturated carbocycles. The van der Waals surface area contributed by atoms with Gasteiger partial charge in [0.05, 0.1) is 36.9 Å². The van der Waals surface area contributed by atoms with Crippen LogP contribution in [0.1, 0.15) is 12.8 Å². The van der Waals surface area contributed by atoms with Crippen LogP contribution in [0.15, 0.2) is 0 Å². The average molecular weight is 459 g/mol. The zero-order chi connectivity index (χ0) is 21.7.